The molecule has 0 radical (unpaired) electrons. The molecule has 0 spiro atoms. The molecule has 0 saturated carbocycles. The molecule has 0 fully saturated rings. The summed E-state index contributed by atoms with van der Waals surface area (Å²) < 4.78 is 82.9. The van der Waals surface area contributed by atoms with Gasteiger partial charge in [-0.15, -0.1) is 0 Å². The number of primary amides is 2. The molecule has 17 heteroatoms. The topological polar surface area (TPSA) is 196 Å². The van der Waals surface area contributed by atoms with Crippen molar-refractivity contribution < 1.29 is 70.0 Å². The summed E-state index contributed by atoms with van der Waals surface area (Å²) in [5, 5.41) is 17.4. The van der Waals surface area contributed by atoms with Gasteiger partial charge in [-0.1, -0.05) is 0 Å². The highest BCUT2D eigenvalue weighted by Gasteiger charge is 2.33. The first-order valence-electron chi connectivity index (χ1n) is 9.47. The Morgan fingerprint density at radius 1 is 0.658 bits per heavy atom. The number of carbonyl (C=O) groups is 5. The second-order valence-electron chi connectivity index (χ2n) is 6.62. The largest absolute Gasteiger partial charge is 0.478 e. The number of esters is 2. The number of nitrogens with two attached hydrogens (primary N) is 2. The highest BCUT2D eigenvalue weighted by Crippen LogP contribution is 2.34. The Labute approximate surface area is 208 Å². The van der Waals surface area contributed by atoms with E-state index in [4.69, 9.17) is 15.0 Å². The van der Waals surface area contributed by atoms with Crippen LogP contribution in [0.1, 0.15) is 45.7 Å². The summed E-state index contributed by atoms with van der Waals surface area (Å²) in [5.41, 5.74) is 5.32. The van der Waals surface area contributed by atoms with Crippen LogP contribution in [0, 0.1) is 0 Å². The van der Waals surface area contributed by atoms with Crippen LogP contribution >= 0.6 is 0 Å². The number of aromatic carboxylic acids is 2. The van der Waals surface area contributed by atoms with Gasteiger partial charge >= 0.3 is 42.3 Å². The third-order valence-electron chi connectivity index (χ3n) is 3.59. The summed E-state index contributed by atoms with van der Waals surface area (Å²) >= 11 is 0. The lowest BCUT2D eigenvalue weighted by molar-refractivity contribution is -0.139. The maximum Gasteiger partial charge on any atom is 0.416 e. The maximum absolute atomic E-state index is 12.4. The third kappa shape index (κ3) is 11.7. The predicted octanol–water partition coefficient (Wildman–Crippen LogP) is 3.68. The zero-order chi connectivity index (χ0) is 30.0. The van der Waals surface area contributed by atoms with Crippen molar-refractivity contribution in [2.45, 2.75) is 26.2 Å². The number of carboxylic acids is 2. The van der Waals surface area contributed by atoms with Crippen molar-refractivity contribution in [2.24, 2.45) is 11.5 Å². The number of hydrogen-bond acceptors (Lipinski definition) is 7. The van der Waals surface area contributed by atoms with Crippen molar-refractivity contribution in [1.82, 2.24) is 0 Å². The van der Waals surface area contributed by atoms with Crippen LogP contribution in [0.25, 0.3) is 0 Å². The third-order valence-corrected chi connectivity index (χ3v) is 3.59. The number of amides is 2. The zero-order valence-corrected chi connectivity index (χ0v) is 19.1. The number of carbonyl (C=O) groups excluding carboxylic acids is 3. The number of hydrogen-bond donors (Lipinski definition) is 4. The number of benzene rings is 2. The van der Waals surface area contributed by atoms with Gasteiger partial charge in [0.15, 0.2) is 0 Å². The molecule has 0 unspecified atom stereocenters. The summed E-state index contributed by atoms with van der Waals surface area (Å²) in [6.45, 7) is 1.93. The lowest BCUT2D eigenvalue weighted by atomic mass is 10.1. The fourth-order valence-electron chi connectivity index (χ4n) is 2.23. The second-order valence-corrected chi connectivity index (χ2v) is 6.62. The average molecular weight is 556 g/mol. The highest BCUT2D eigenvalue weighted by atomic mass is 19.4. The Morgan fingerprint density at radius 2 is 0.921 bits per heavy atom. The number of alkyl halides is 6. The van der Waals surface area contributed by atoms with Crippen LogP contribution in [-0.4, -0.2) is 40.1 Å². The van der Waals surface area contributed by atoms with E-state index >= 15 is 0 Å². The highest BCUT2D eigenvalue weighted by molar-refractivity contribution is 5.92. The van der Waals surface area contributed by atoms with E-state index in [1.165, 1.54) is 0 Å². The quantitative estimate of drug-likeness (QED) is 0.247. The number of urea groups is 1. The minimum Gasteiger partial charge on any atom is -0.478 e. The molecule has 0 aliphatic rings. The number of carboxylic acid groups (broad SMARTS) is 2. The first-order valence-corrected chi connectivity index (χ1v) is 9.47. The van der Waals surface area contributed by atoms with Crippen LogP contribution in [0.5, 0.6) is 11.5 Å². The fourth-order valence-corrected chi connectivity index (χ4v) is 2.23. The van der Waals surface area contributed by atoms with Gasteiger partial charge in [0.2, 0.25) is 0 Å². The monoisotopic (exact) mass is 556 g/mol. The van der Waals surface area contributed by atoms with E-state index in [-0.39, 0.29) is 0 Å². The summed E-state index contributed by atoms with van der Waals surface area (Å²) in [5.74, 6) is -6.00. The van der Waals surface area contributed by atoms with E-state index in [1.54, 1.807) is 0 Å². The van der Waals surface area contributed by atoms with Crippen molar-refractivity contribution >= 4 is 29.9 Å². The minimum absolute atomic E-state index is 0.477. The molecule has 0 bridgehead atoms. The maximum atomic E-state index is 12.4. The minimum atomic E-state index is -4.63. The molecule has 11 nitrogen and oxygen atoms in total. The van der Waals surface area contributed by atoms with Gasteiger partial charge in [0.25, 0.3) is 0 Å². The molecule has 0 atom stereocenters. The molecule has 2 amide bonds. The molecule has 0 saturated heterocycles. The van der Waals surface area contributed by atoms with Crippen LogP contribution in [-0.2, 0) is 21.9 Å². The van der Waals surface area contributed by atoms with E-state index in [0.717, 1.165) is 26.0 Å². The molecular formula is C21H18F6N2O9. The fraction of sp³-hybridized carbons (Fsp3) is 0.190. The van der Waals surface area contributed by atoms with Gasteiger partial charge in [0.1, 0.15) is 22.6 Å². The molecule has 0 aliphatic carbocycles. The van der Waals surface area contributed by atoms with Crippen LogP contribution in [0.4, 0.5) is 31.1 Å². The van der Waals surface area contributed by atoms with Crippen LogP contribution in [0.15, 0.2) is 36.4 Å². The van der Waals surface area contributed by atoms with Gasteiger partial charge < -0.3 is 31.2 Å². The lowest BCUT2D eigenvalue weighted by Crippen LogP contribution is -2.18. The van der Waals surface area contributed by atoms with Crippen LogP contribution < -0.4 is 20.9 Å². The molecule has 0 aromatic heterocycles. The van der Waals surface area contributed by atoms with E-state index < -0.39 is 76.0 Å². The van der Waals surface area contributed by atoms with Gasteiger partial charge in [-0.3, -0.25) is 9.59 Å². The molecule has 6 N–H and O–H groups in total. The van der Waals surface area contributed by atoms with Gasteiger partial charge in [0.05, 0.1) is 11.1 Å². The number of ether oxygens (including phenoxy) is 2. The Kier molecular flexibility index (Phi) is 11.8. The van der Waals surface area contributed by atoms with Crippen molar-refractivity contribution in [3.63, 3.8) is 0 Å². The van der Waals surface area contributed by atoms with Gasteiger partial charge in [-0.2, -0.15) is 26.3 Å². The molecule has 2 rings (SSSR count). The first kappa shape index (κ1) is 33.2. The Morgan fingerprint density at radius 3 is 1.11 bits per heavy atom. The van der Waals surface area contributed by atoms with Crippen molar-refractivity contribution in [2.75, 3.05) is 0 Å². The van der Waals surface area contributed by atoms with E-state index in [9.17, 15) is 45.5 Å². The van der Waals surface area contributed by atoms with Crippen molar-refractivity contribution in [3.8, 4) is 11.5 Å². The van der Waals surface area contributed by atoms with Crippen LogP contribution in [0.2, 0.25) is 0 Å². The summed E-state index contributed by atoms with van der Waals surface area (Å²) in [7, 11) is 0. The molecule has 0 heterocycles. The zero-order valence-electron chi connectivity index (χ0n) is 19.1. The smallest absolute Gasteiger partial charge is 0.416 e. The molecule has 2 aromatic carbocycles. The molecule has 2 aromatic rings. The molecular weight excluding hydrogens is 538 g/mol. The Bertz CT molecular complexity index is 1120. The normalized spacial score (nSPS) is 10.5. The average Bonchev–Trinajstić information content (AvgIpc) is 2.71. The number of halogens is 6. The summed E-state index contributed by atoms with van der Waals surface area (Å²) in [6.07, 6.45) is -9.27. The molecule has 38 heavy (non-hydrogen) atoms. The van der Waals surface area contributed by atoms with Crippen molar-refractivity contribution in [1.29, 1.82) is 0 Å². The van der Waals surface area contributed by atoms with Crippen LogP contribution in [0.3, 0.4) is 0 Å². The SMILES string of the molecule is CC(=O)Oc1cc(C(F)(F)F)ccc1C(=O)O.CC(=O)Oc1cc(C(F)(F)F)ccc1C(=O)O.NC(N)=O. The van der Waals surface area contributed by atoms with E-state index in [2.05, 4.69) is 20.9 Å². The van der Waals surface area contributed by atoms with Gasteiger partial charge in [0, 0.05) is 13.8 Å². The predicted molar refractivity (Wildman–Crippen MR) is 113 cm³/mol. The Balaban J connectivity index is 0.000000632. The standard InChI is InChI=1S/2C10H7F3O4.CH4N2O/c2*1-5(14)17-8-4-6(10(11,12)13)2-3-7(8)9(15)16;2-1(3)4/h2*2-4H,1H3,(H,15,16);(H4,2,3,4). The Hall–Kier alpha value is -4.83. The summed E-state index contributed by atoms with van der Waals surface area (Å²) in [6, 6.07) is 2.81. The van der Waals surface area contributed by atoms with E-state index in [1.807, 2.05) is 0 Å². The summed E-state index contributed by atoms with van der Waals surface area (Å²) in [4.78, 5) is 51.7. The first-order chi connectivity index (χ1) is 17.2. The van der Waals surface area contributed by atoms with Crippen molar-refractivity contribution in [3.05, 3.63) is 58.7 Å². The second kappa shape index (κ2) is 13.5. The van der Waals surface area contributed by atoms with Gasteiger partial charge in [-0.05, 0) is 36.4 Å². The number of rotatable bonds is 4. The van der Waals surface area contributed by atoms with Gasteiger partial charge in [-0.25, -0.2) is 14.4 Å². The lowest BCUT2D eigenvalue weighted by Gasteiger charge is -2.10. The molecule has 208 valence electrons. The van der Waals surface area contributed by atoms with E-state index in [0.29, 0.717) is 24.3 Å². The molecule has 0 aliphatic heterocycles.